The largest absolute Gasteiger partial charge is 0.352 e. The number of hydrogen-bond donors (Lipinski definition) is 3. The van der Waals surface area contributed by atoms with Gasteiger partial charge in [-0.2, -0.15) is 0 Å². The van der Waals surface area contributed by atoms with Gasteiger partial charge in [0, 0.05) is 30.2 Å². The van der Waals surface area contributed by atoms with Gasteiger partial charge in [0.25, 0.3) is 0 Å². The van der Waals surface area contributed by atoms with Crippen molar-refractivity contribution in [3.8, 4) is 0 Å². The van der Waals surface area contributed by atoms with E-state index in [0.717, 1.165) is 16.7 Å². The van der Waals surface area contributed by atoms with Gasteiger partial charge >= 0.3 is 0 Å². The number of sulfonamides is 1. The summed E-state index contributed by atoms with van der Waals surface area (Å²) < 4.78 is 25.7. The molecule has 0 aliphatic carbocycles. The Morgan fingerprint density at radius 2 is 1.74 bits per heavy atom. The van der Waals surface area contributed by atoms with E-state index in [-0.39, 0.29) is 5.75 Å². The third-order valence-corrected chi connectivity index (χ3v) is 5.73. The Balaban J connectivity index is 1.94. The third kappa shape index (κ3) is 7.03. The van der Waals surface area contributed by atoms with E-state index in [1.807, 2.05) is 24.3 Å². The van der Waals surface area contributed by atoms with E-state index in [9.17, 15) is 8.42 Å². The zero-order chi connectivity index (χ0) is 19.9. The van der Waals surface area contributed by atoms with Gasteiger partial charge in [-0.25, -0.2) is 13.1 Å². The van der Waals surface area contributed by atoms with Gasteiger partial charge in [0.05, 0.1) is 5.75 Å². The second-order valence-electron chi connectivity index (χ2n) is 5.80. The number of aliphatic imine (C=N–C) groups is 1. The molecule has 0 radical (unpaired) electrons. The van der Waals surface area contributed by atoms with Crippen molar-refractivity contribution in [2.24, 2.45) is 4.99 Å². The van der Waals surface area contributed by atoms with E-state index in [2.05, 4.69) is 20.3 Å². The maximum atomic E-state index is 11.7. The van der Waals surface area contributed by atoms with Crippen LogP contribution in [0, 0.1) is 0 Å². The van der Waals surface area contributed by atoms with Crippen LogP contribution in [0.1, 0.15) is 16.7 Å². The molecule has 27 heavy (non-hydrogen) atoms. The van der Waals surface area contributed by atoms with Crippen LogP contribution in [0.2, 0.25) is 10.0 Å². The molecule has 0 saturated heterocycles. The van der Waals surface area contributed by atoms with E-state index in [4.69, 9.17) is 23.2 Å². The highest BCUT2D eigenvalue weighted by Gasteiger charge is 2.09. The summed E-state index contributed by atoms with van der Waals surface area (Å²) in [4.78, 5) is 4.18. The highest BCUT2D eigenvalue weighted by atomic mass is 35.5. The lowest BCUT2D eigenvalue weighted by molar-refractivity contribution is 0.587. The quantitative estimate of drug-likeness (QED) is 0.467. The first-order chi connectivity index (χ1) is 12.8. The van der Waals surface area contributed by atoms with Crippen LogP contribution in [0.25, 0.3) is 0 Å². The molecule has 0 spiro atoms. The topological polar surface area (TPSA) is 82.6 Å². The molecule has 0 heterocycles. The molecule has 2 rings (SSSR count). The Bertz CT molecular complexity index is 917. The fourth-order valence-corrected chi connectivity index (χ4v) is 3.61. The molecule has 0 saturated carbocycles. The van der Waals surface area contributed by atoms with Gasteiger partial charge in [-0.3, -0.25) is 4.99 Å². The van der Waals surface area contributed by atoms with E-state index >= 15 is 0 Å². The van der Waals surface area contributed by atoms with Crippen LogP contribution >= 0.6 is 23.2 Å². The summed E-state index contributed by atoms with van der Waals surface area (Å²) in [5, 5.41) is 7.56. The predicted molar refractivity (Wildman–Crippen MR) is 112 cm³/mol. The van der Waals surface area contributed by atoms with Gasteiger partial charge in [0.2, 0.25) is 10.0 Å². The van der Waals surface area contributed by atoms with Crippen LogP contribution in [0.3, 0.4) is 0 Å². The lowest BCUT2D eigenvalue weighted by atomic mass is 10.1. The Labute approximate surface area is 170 Å². The van der Waals surface area contributed by atoms with Crippen molar-refractivity contribution in [3.05, 3.63) is 69.2 Å². The van der Waals surface area contributed by atoms with Crippen molar-refractivity contribution >= 4 is 39.2 Å². The Hall–Kier alpha value is -1.80. The van der Waals surface area contributed by atoms with Crippen LogP contribution < -0.4 is 15.4 Å². The molecule has 6 nitrogen and oxygen atoms in total. The minimum atomic E-state index is -3.30. The third-order valence-electron chi connectivity index (χ3n) is 3.80. The fourth-order valence-electron chi connectivity index (χ4n) is 2.37. The number of benzene rings is 2. The van der Waals surface area contributed by atoms with Crippen molar-refractivity contribution in [1.29, 1.82) is 0 Å². The maximum Gasteiger partial charge on any atom is 0.215 e. The van der Waals surface area contributed by atoms with Crippen molar-refractivity contribution in [2.45, 2.75) is 18.8 Å². The Morgan fingerprint density at radius 3 is 2.41 bits per heavy atom. The van der Waals surface area contributed by atoms with Gasteiger partial charge in [-0.1, -0.05) is 53.5 Å². The molecule has 3 N–H and O–H groups in total. The van der Waals surface area contributed by atoms with Gasteiger partial charge in [-0.15, -0.1) is 0 Å². The van der Waals surface area contributed by atoms with E-state index in [1.54, 1.807) is 25.2 Å². The van der Waals surface area contributed by atoms with Gasteiger partial charge in [0.15, 0.2) is 5.96 Å². The number of guanidine groups is 1. The van der Waals surface area contributed by atoms with E-state index < -0.39 is 10.0 Å². The van der Waals surface area contributed by atoms with Gasteiger partial charge in [-0.05, 0) is 35.9 Å². The molecule has 0 amide bonds. The molecule has 2 aromatic carbocycles. The first-order valence-electron chi connectivity index (χ1n) is 8.20. The molecular formula is C18H22Cl2N4O2S. The average molecular weight is 429 g/mol. The number of halogens is 2. The molecule has 0 aromatic heterocycles. The predicted octanol–water partition coefficient (Wildman–Crippen LogP) is 2.91. The fraction of sp³-hybridized carbons (Fsp3) is 0.278. The van der Waals surface area contributed by atoms with E-state index in [1.165, 1.54) is 7.05 Å². The summed E-state index contributed by atoms with van der Waals surface area (Å²) in [5.74, 6) is 0.550. The molecule has 2 aromatic rings. The Morgan fingerprint density at radius 1 is 1.04 bits per heavy atom. The maximum absolute atomic E-state index is 11.7. The van der Waals surface area contributed by atoms with Crippen LogP contribution in [-0.4, -0.2) is 28.5 Å². The number of nitrogens with one attached hydrogen (secondary N) is 3. The number of hydrogen-bond acceptors (Lipinski definition) is 3. The zero-order valence-corrected chi connectivity index (χ0v) is 17.4. The minimum Gasteiger partial charge on any atom is -0.352 e. The summed E-state index contributed by atoms with van der Waals surface area (Å²) in [6, 6.07) is 12.7. The monoisotopic (exact) mass is 428 g/mol. The minimum absolute atomic E-state index is 0.0562. The number of nitrogens with zero attached hydrogens (tertiary/aromatic N) is 1. The number of rotatable bonds is 7. The van der Waals surface area contributed by atoms with Crippen molar-refractivity contribution in [1.82, 2.24) is 15.4 Å². The second kappa shape index (κ2) is 9.94. The smallest absolute Gasteiger partial charge is 0.215 e. The van der Waals surface area contributed by atoms with Crippen LogP contribution in [0.5, 0.6) is 0 Å². The normalized spacial score (nSPS) is 12.1. The summed E-state index contributed by atoms with van der Waals surface area (Å²) in [6.45, 7) is 0.998. The van der Waals surface area contributed by atoms with Crippen molar-refractivity contribution in [3.63, 3.8) is 0 Å². The molecular weight excluding hydrogens is 407 g/mol. The summed E-state index contributed by atoms with van der Waals surface area (Å²) >= 11 is 12.1. The van der Waals surface area contributed by atoms with Gasteiger partial charge < -0.3 is 10.6 Å². The lowest BCUT2D eigenvalue weighted by Gasteiger charge is -2.13. The van der Waals surface area contributed by atoms with E-state index in [0.29, 0.717) is 29.1 Å². The Kier molecular flexibility index (Phi) is 7.91. The SMILES string of the molecule is CN=C(NCc1cccc(CS(=O)(=O)NC)c1)NCc1ccc(Cl)cc1Cl. The summed E-state index contributed by atoms with van der Waals surface area (Å²) in [6.07, 6.45) is 0. The molecule has 146 valence electrons. The zero-order valence-electron chi connectivity index (χ0n) is 15.1. The summed E-state index contributed by atoms with van der Waals surface area (Å²) in [5.41, 5.74) is 2.58. The van der Waals surface area contributed by atoms with Crippen LogP contribution in [0.4, 0.5) is 0 Å². The highest BCUT2D eigenvalue weighted by molar-refractivity contribution is 7.88. The van der Waals surface area contributed by atoms with Crippen molar-refractivity contribution in [2.75, 3.05) is 14.1 Å². The first kappa shape index (κ1) is 21.5. The molecule has 0 aliphatic heterocycles. The second-order valence-corrected chi connectivity index (χ2v) is 8.57. The molecule has 0 aliphatic rings. The van der Waals surface area contributed by atoms with Crippen LogP contribution in [-0.2, 0) is 28.9 Å². The molecule has 0 bridgehead atoms. The molecule has 9 heteroatoms. The van der Waals surface area contributed by atoms with Gasteiger partial charge in [0.1, 0.15) is 0 Å². The standard InChI is InChI=1S/C18H22Cl2N4O2S/c1-21-18(24-11-15-6-7-16(19)9-17(15)20)23-10-13-4-3-5-14(8-13)12-27(25,26)22-2/h3-9,22H,10-12H2,1-2H3,(H2,21,23,24). The summed E-state index contributed by atoms with van der Waals surface area (Å²) in [7, 11) is -0.219. The molecule has 0 atom stereocenters. The molecule has 0 fully saturated rings. The highest BCUT2D eigenvalue weighted by Crippen LogP contribution is 2.20. The molecule has 0 unspecified atom stereocenters. The average Bonchev–Trinajstić information content (AvgIpc) is 2.63. The lowest BCUT2D eigenvalue weighted by Crippen LogP contribution is -2.36. The first-order valence-corrected chi connectivity index (χ1v) is 10.6. The van der Waals surface area contributed by atoms with Crippen LogP contribution in [0.15, 0.2) is 47.5 Å². The van der Waals surface area contributed by atoms with Crippen molar-refractivity contribution < 1.29 is 8.42 Å².